The fourth-order valence-electron chi connectivity index (χ4n) is 3.39. The highest BCUT2D eigenvalue weighted by Gasteiger charge is 2.19. The molecule has 0 saturated carbocycles. The fraction of sp³-hybridized carbons (Fsp3) is 0.500. The summed E-state index contributed by atoms with van der Waals surface area (Å²) in [6, 6.07) is 10.1. The minimum atomic E-state index is 0.789. The normalized spacial score (nSPS) is 14.6. The van der Waals surface area contributed by atoms with Crippen LogP contribution in [0.3, 0.4) is 0 Å². The number of piperazine rings is 1. The summed E-state index contributed by atoms with van der Waals surface area (Å²) in [4.78, 5) is 16.4. The first-order chi connectivity index (χ1) is 12.7. The SMILES string of the molecule is CCCN(CCC)c1nccc(N2CCN(c3cccc(Cl)c3)CC2)n1. The molecule has 0 bridgehead atoms. The molecule has 1 aromatic heterocycles. The minimum absolute atomic E-state index is 0.789. The van der Waals surface area contributed by atoms with Crippen molar-refractivity contribution < 1.29 is 0 Å². The van der Waals surface area contributed by atoms with E-state index in [4.69, 9.17) is 16.6 Å². The number of anilines is 3. The van der Waals surface area contributed by atoms with Crippen LogP contribution in [-0.2, 0) is 0 Å². The van der Waals surface area contributed by atoms with E-state index in [-0.39, 0.29) is 0 Å². The number of hydrogen-bond acceptors (Lipinski definition) is 5. The molecule has 0 unspecified atom stereocenters. The zero-order valence-electron chi connectivity index (χ0n) is 15.7. The lowest BCUT2D eigenvalue weighted by atomic mass is 10.2. The van der Waals surface area contributed by atoms with Crippen molar-refractivity contribution in [2.45, 2.75) is 26.7 Å². The Bertz CT molecular complexity index is 694. The van der Waals surface area contributed by atoms with E-state index in [1.807, 2.05) is 30.5 Å². The Morgan fingerprint density at radius 1 is 1.00 bits per heavy atom. The van der Waals surface area contributed by atoms with Gasteiger partial charge in [0.15, 0.2) is 0 Å². The first-order valence-electron chi connectivity index (χ1n) is 9.54. The third-order valence-corrected chi connectivity index (χ3v) is 4.91. The molecule has 6 heteroatoms. The summed E-state index contributed by atoms with van der Waals surface area (Å²) in [6.45, 7) is 10.2. The molecule has 3 rings (SSSR count). The van der Waals surface area contributed by atoms with Crippen molar-refractivity contribution in [3.05, 3.63) is 41.6 Å². The monoisotopic (exact) mass is 373 g/mol. The number of halogens is 1. The summed E-state index contributed by atoms with van der Waals surface area (Å²) in [7, 11) is 0. The molecule has 1 saturated heterocycles. The summed E-state index contributed by atoms with van der Waals surface area (Å²) in [5.41, 5.74) is 1.19. The maximum Gasteiger partial charge on any atom is 0.227 e. The molecule has 0 N–H and O–H groups in total. The molecule has 0 atom stereocenters. The van der Waals surface area contributed by atoms with Gasteiger partial charge in [-0.25, -0.2) is 4.98 Å². The zero-order valence-corrected chi connectivity index (χ0v) is 16.5. The fourth-order valence-corrected chi connectivity index (χ4v) is 3.57. The molecule has 2 heterocycles. The van der Waals surface area contributed by atoms with Crippen LogP contribution >= 0.6 is 11.6 Å². The number of rotatable bonds is 7. The van der Waals surface area contributed by atoms with Crippen molar-refractivity contribution >= 4 is 29.1 Å². The van der Waals surface area contributed by atoms with Crippen LogP contribution in [0.1, 0.15) is 26.7 Å². The molecule has 1 aliphatic rings. The molecule has 1 aliphatic heterocycles. The number of nitrogens with zero attached hydrogens (tertiary/aromatic N) is 5. The van der Waals surface area contributed by atoms with Crippen molar-refractivity contribution in [3.63, 3.8) is 0 Å². The third kappa shape index (κ3) is 4.58. The van der Waals surface area contributed by atoms with Crippen LogP contribution in [0.2, 0.25) is 5.02 Å². The van der Waals surface area contributed by atoms with E-state index >= 15 is 0 Å². The molecular weight excluding hydrogens is 346 g/mol. The Balaban J connectivity index is 1.66. The summed E-state index contributed by atoms with van der Waals surface area (Å²) in [5, 5.41) is 0.789. The van der Waals surface area contributed by atoms with Gasteiger partial charge in [-0.15, -0.1) is 0 Å². The van der Waals surface area contributed by atoms with Gasteiger partial charge in [-0.1, -0.05) is 31.5 Å². The van der Waals surface area contributed by atoms with Crippen LogP contribution in [-0.4, -0.2) is 49.2 Å². The van der Waals surface area contributed by atoms with Gasteiger partial charge in [0.2, 0.25) is 5.95 Å². The summed E-state index contributed by atoms with van der Waals surface area (Å²) in [5.74, 6) is 1.88. The van der Waals surface area contributed by atoms with Crippen molar-refractivity contribution in [1.29, 1.82) is 0 Å². The Morgan fingerprint density at radius 3 is 2.35 bits per heavy atom. The average Bonchev–Trinajstić information content (AvgIpc) is 2.68. The van der Waals surface area contributed by atoms with Crippen molar-refractivity contribution in [2.75, 3.05) is 54.0 Å². The summed E-state index contributed by atoms with van der Waals surface area (Å²) < 4.78 is 0. The van der Waals surface area contributed by atoms with Gasteiger partial charge in [0.25, 0.3) is 0 Å². The van der Waals surface area contributed by atoms with Gasteiger partial charge in [0.1, 0.15) is 5.82 Å². The Morgan fingerprint density at radius 2 is 1.69 bits per heavy atom. The Kier molecular flexibility index (Phi) is 6.56. The van der Waals surface area contributed by atoms with E-state index in [1.54, 1.807) is 0 Å². The number of benzene rings is 1. The van der Waals surface area contributed by atoms with Gasteiger partial charge < -0.3 is 14.7 Å². The molecule has 5 nitrogen and oxygen atoms in total. The third-order valence-electron chi connectivity index (χ3n) is 4.68. The van der Waals surface area contributed by atoms with Crippen molar-refractivity contribution in [3.8, 4) is 0 Å². The molecule has 26 heavy (non-hydrogen) atoms. The van der Waals surface area contributed by atoms with E-state index in [0.717, 1.165) is 68.9 Å². The van der Waals surface area contributed by atoms with Gasteiger partial charge >= 0.3 is 0 Å². The highest BCUT2D eigenvalue weighted by atomic mass is 35.5. The van der Waals surface area contributed by atoms with Crippen LogP contribution in [0.4, 0.5) is 17.5 Å². The van der Waals surface area contributed by atoms with E-state index < -0.39 is 0 Å². The van der Waals surface area contributed by atoms with Crippen LogP contribution in [0, 0.1) is 0 Å². The minimum Gasteiger partial charge on any atom is -0.368 e. The van der Waals surface area contributed by atoms with Gasteiger partial charge in [0, 0.05) is 56.2 Å². The predicted molar refractivity (Wildman–Crippen MR) is 111 cm³/mol. The van der Waals surface area contributed by atoms with E-state index in [9.17, 15) is 0 Å². The molecular formula is C20H28ClN5. The maximum absolute atomic E-state index is 6.13. The Labute approximate surface area is 161 Å². The largest absolute Gasteiger partial charge is 0.368 e. The quantitative estimate of drug-likeness (QED) is 0.730. The molecule has 1 fully saturated rings. The first-order valence-corrected chi connectivity index (χ1v) is 9.92. The number of aromatic nitrogens is 2. The average molecular weight is 374 g/mol. The summed E-state index contributed by atoms with van der Waals surface area (Å²) in [6.07, 6.45) is 4.09. The number of hydrogen-bond donors (Lipinski definition) is 0. The highest BCUT2D eigenvalue weighted by molar-refractivity contribution is 6.30. The lowest BCUT2D eigenvalue weighted by molar-refractivity contribution is 0.644. The Hall–Kier alpha value is -2.01. The van der Waals surface area contributed by atoms with Gasteiger partial charge in [-0.05, 0) is 37.1 Å². The van der Waals surface area contributed by atoms with Crippen molar-refractivity contribution in [2.24, 2.45) is 0 Å². The van der Waals surface area contributed by atoms with E-state index in [1.165, 1.54) is 5.69 Å². The van der Waals surface area contributed by atoms with Crippen LogP contribution in [0.5, 0.6) is 0 Å². The highest BCUT2D eigenvalue weighted by Crippen LogP contribution is 2.23. The molecule has 0 amide bonds. The van der Waals surface area contributed by atoms with Crippen LogP contribution in [0.25, 0.3) is 0 Å². The lowest BCUT2D eigenvalue weighted by Crippen LogP contribution is -2.47. The zero-order chi connectivity index (χ0) is 18.4. The first kappa shape index (κ1) is 18.8. The van der Waals surface area contributed by atoms with E-state index in [2.05, 4.69) is 39.6 Å². The smallest absolute Gasteiger partial charge is 0.227 e. The van der Waals surface area contributed by atoms with E-state index in [0.29, 0.717) is 0 Å². The lowest BCUT2D eigenvalue weighted by Gasteiger charge is -2.37. The molecule has 1 aromatic carbocycles. The predicted octanol–water partition coefficient (Wildman–Crippen LogP) is 4.08. The summed E-state index contributed by atoms with van der Waals surface area (Å²) >= 11 is 6.13. The standard InChI is InChI=1S/C20H28ClN5/c1-3-10-26(11-4-2)20-22-9-8-19(23-20)25-14-12-24(13-15-25)18-7-5-6-17(21)16-18/h5-9,16H,3-4,10-15H2,1-2H3. The molecule has 140 valence electrons. The molecule has 0 radical (unpaired) electrons. The van der Waals surface area contributed by atoms with Gasteiger partial charge in [-0.2, -0.15) is 4.98 Å². The second kappa shape index (κ2) is 9.08. The maximum atomic E-state index is 6.13. The van der Waals surface area contributed by atoms with Gasteiger partial charge in [0.05, 0.1) is 0 Å². The van der Waals surface area contributed by atoms with Crippen LogP contribution < -0.4 is 14.7 Å². The van der Waals surface area contributed by atoms with Gasteiger partial charge in [-0.3, -0.25) is 0 Å². The molecule has 0 spiro atoms. The second-order valence-electron chi connectivity index (χ2n) is 6.66. The second-order valence-corrected chi connectivity index (χ2v) is 7.09. The van der Waals surface area contributed by atoms with Crippen molar-refractivity contribution in [1.82, 2.24) is 9.97 Å². The molecule has 0 aliphatic carbocycles. The topological polar surface area (TPSA) is 35.5 Å². The molecule has 2 aromatic rings. The van der Waals surface area contributed by atoms with Crippen LogP contribution in [0.15, 0.2) is 36.5 Å².